The first-order valence-electron chi connectivity index (χ1n) is 8.58. The number of methoxy groups -OCH3 is 1. The number of tetrazole rings is 1. The number of benzene rings is 2. The number of aromatic amines is 1. The zero-order chi connectivity index (χ0) is 20.6. The first-order chi connectivity index (χ1) is 13.8. The van der Waals surface area contributed by atoms with Crippen molar-refractivity contribution in [2.75, 3.05) is 7.11 Å². The zero-order valence-corrected chi connectivity index (χ0v) is 15.1. The van der Waals surface area contributed by atoms with Crippen molar-refractivity contribution in [3.63, 3.8) is 0 Å². The minimum Gasteiger partial charge on any atom is -0.507 e. The van der Waals surface area contributed by atoms with Gasteiger partial charge >= 0.3 is 6.18 Å². The molecule has 7 nitrogen and oxygen atoms in total. The van der Waals surface area contributed by atoms with Crippen LogP contribution in [0.1, 0.15) is 16.7 Å². The number of rotatable bonds is 5. The molecule has 0 amide bonds. The Bertz CT molecular complexity index is 1150. The molecule has 2 N–H and O–H groups in total. The highest BCUT2D eigenvalue weighted by Gasteiger charge is 2.33. The predicted molar refractivity (Wildman–Crippen MR) is 96.5 cm³/mol. The number of aryl methyl sites for hydroxylation is 2. The van der Waals surface area contributed by atoms with E-state index in [0.29, 0.717) is 41.3 Å². The maximum atomic E-state index is 13.0. The van der Waals surface area contributed by atoms with Gasteiger partial charge < -0.3 is 14.3 Å². The fourth-order valence-electron chi connectivity index (χ4n) is 3.11. The van der Waals surface area contributed by atoms with Crippen LogP contribution in [0.2, 0.25) is 0 Å². The van der Waals surface area contributed by atoms with Crippen molar-refractivity contribution < 1.29 is 27.4 Å². The number of hydrogen-bond acceptors (Lipinski definition) is 6. The van der Waals surface area contributed by atoms with Gasteiger partial charge in [0.2, 0.25) is 5.82 Å². The van der Waals surface area contributed by atoms with Crippen LogP contribution in [-0.4, -0.2) is 32.8 Å². The van der Waals surface area contributed by atoms with Crippen LogP contribution in [-0.2, 0) is 19.0 Å². The number of nitrogens with zero attached hydrogens (tertiary/aromatic N) is 3. The van der Waals surface area contributed by atoms with E-state index in [-0.39, 0.29) is 0 Å². The van der Waals surface area contributed by atoms with E-state index in [0.717, 1.165) is 23.1 Å². The zero-order valence-electron chi connectivity index (χ0n) is 15.1. The smallest absolute Gasteiger partial charge is 0.419 e. The largest absolute Gasteiger partial charge is 0.507 e. The molecule has 0 aliphatic carbocycles. The van der Waals surface area contributed by atoms with Crippen LogP contribution in [0.5, 0.6) is 11.5 Å². The van der Waals surface area contributed by atoms with Crippen LogP contribution in [0.25, 0.3) is 22.6 Å². The fraction of sp³-hybridized carbons (Fsp3) is 0.211. The maximum absolute atomic E-state index is 13.0. The van der Waals surface area contributed by atoms with Crippen molar-refractivity contribution in [2.24, 2.45) is 0 Å². The molecule has 2 heterocycles. The molecule has 4 rings (SSSR count). The second-order valence-corrected chi connectivity index (χ2v) is 6.40. The minimum absolute atomic E-state index is 0.311. The van der Waals surface area contributed by atoms with Crippen molar-refractivity contribution in [3.8, 4) is 23.1 Å². The Kier molecular flexibility index (Phi) is 4.61. The average molecular weight is 404 g/mol. The molecular weight excluding hydrogens is 389 g/mol. The Morgan fingerprint density at radius 1 is 1.14 bits per heavy atom. The van der Waals surface area contributed by atoms with E-state index in [9.17, 15) is 18.3 Å². The molecule has 10 heteroatoms. The van der Waals surface area contributed by atoms with E-state index in [1.165, 1.54) is 13.2 Å². The van der Waals surface area contributed by atoms with Gasteiger partial charge in [0, 0.05) is 5.39 Å². The molecule has 0 saturated carbocycles. The second kappa shape index (κ2) is 7.12. The lowest BCUT2D eigenvalue weighted by Crippen LogP contribution is -2.06. The molecule has 0 fully saturated rings. The van der Waals surface area contributed by atoms with Gasteiger partial charge in [0.15, 0.2) is 5.76 Å². The Hall–Kier alpha value is -3.56. The van der Waals surface area contributed by atoms with Gasteiger partial charge in [-0.05, 0) is 59.5 Å². The summed E-state index contributed by atoms with van der Waals surface area (Å²) >= 11 is 0. The number of H-pyrrole nitrogens is 1. The lowest BCUT2D eigenvalue weighted by Gasteiger charge is -2.12. The molecule has 0 aliphatic rings. The SMILES string of the molecule is COc1cc2cc(-c3nn[nH]n3)oc2cc1CCc1ccc(O)c(C(F)(F)F)c1. The Morgan fingerprint density at radius 2 is 1.97 bits per heavy atom. The Balaban J connectivity index is 1.62. The van der Waals surface area contributed by atoms with Gasteiger partial charge in [0.1, 0.15) is 17.1 Å². The summed E-state index contributed by atoms with van der Waals surface area (Å²) < 4.78 is 50.2. The highest BCUT2D eigenvalue weighted by Crippen LogP contribution is 2.37. The molecular formula is C19H15F3N4O3. The van der Waals surface area contributed by atoms with E-state index in [4.69, 9.17) is 9.15 Å². The highest BCUT2D eigenvalue weighted by atomic mass is 19.4. The molecule has 0 atom stereocenters. The van der Waals surface area contributed by atoms with Gasteiger partial charge in [-0.1, -0.05) is 6.07 Å². The van der Waals surface area contributed by atoms with Gasteiger partial charge in [-0.2, -0.15) is 18.4 Å². The second-order valence-electron chi connectivity index (χ2n) is 6.40. The summed E-state index contributed by atoms with van der Waals surface area (Å²) in [4.78, 5) is 0. The van der Waals surface area contributed by atoms with Crippen LogP contribution in [0.3, 0.4) is 0 Å². The third-order valence-corrected chi connectivity index (χ3v) is 4.53. The van der Waals surface area contributed by atoms with Crippen molar-refractivity contribution in [1.29, 1.82) is 0 Å². The summed E-state index contributed by atoms with van der Waals surface area (Å²) in [6, 6.07) is 8.81. The number of alkyl halides is 3. The molecule has 2 aromatic carbocycles. The Labute approximate surface area is 162 Å². The number of aromatic nitrogens is 4. The molecule has 0 saturated heterocycles. The van der Waals surface area contributed by atoms with Crippen LogP contribution in [0, 0.1) is 0 Å². The minimum atomic E-state index is -4.61. The van der Waals surface area contributed by atoms with Gasteiger partial charge in [-0.25, -0.2) is 0 Å². The topological polar surface area (TPSA) is 97.1 Å². The number of halogens is 3. The molecule has 2 aromatic heterocycles. The first-order valence-corrected chi connectivity index (χ1v) is 8.58. The van der Waals surface area contributed by atoms with Crippen LogP contribution in [0.4, 0.5) is 13.2 Å². The number of hydrogen-bond donors (Lipinski definition) is 2. The van der Waals surface area contributed by atoms with E-state index < -0.39 is 17.5 Å². The number of phenols is 1. The Morgan fingerprint density at radius 3 is 2.66 bits per heavy atom. The number of fused-ring (bicyclic) bond motifs is 1. The van der Waals surface area contributed by atoms with Gasteiger partial charge in [0.25, 0.3) is 0 Å². The molecule has 4 aromatic rings. The third-order valence-electron chi connectivity index (χ3n) is 4.53. The summed E-state index contributed by atoms with van der Waals surface area (Å²) in [6.07, 6.45) is -3.88. The third kappa shape index (κ3) is 3.73. The fourth-order valence-corrected chi connectivity index (χ4v) is 3.11. The molecule has 0 aliphatic heterocycles. The summed E-state index contributed by atoms with van der Waals surface area (Å²) in [5.41, 5.74) is 0.746. The summed E-state index contributed by atoms with van der Waals surface area (Å²) in [5.74, 6) is 0.546. The highest BCUT2D eigenvalue weighted by molar-refractivity contribution is 5.84. The van der Waals surface area contributed by atoms with E-state index >= 15 is 0 Å². The summed E-state index contributed by atoms with van der Waals surface area (Å²) in [7, 11) is 1.52. The molecule has 0 spiro atoms. The maximum Gasteiger partial charge on any atom is 0.419 e. The van der Waals surface area contributed by atoms with E-state index in [2.05, 4.69) is 20.6 Å². The summed E-state index contributed by atoms with van der Waals surface area (Å²) in [6.45, 7) is 0. The molecule has 0 radical (unpaired) electrons. The van der Waals surface area contributed by atoms with Crippen molar-refractivity contribution in [2.45, 2.75) is 19.0 Å². The first kappa shape index (κ1) is 18.8. The molecule has 0 bridgehead atoms. The lowest BCUT2D eigenvalue weighted by molar-refractivity contribution is -0.138. The van der Waals surface area contributed by atoms with Gasteiger partial charge in [-0.15, -0.1) is 10.2 Å². The lowest BCUT2D eigenvalue weighted by atomic mass is 10.0. The monoisotopic (exact) mass is 404 g/mol. The number of phenolic OH excluding ortho intramolecular Hbond substituents is 1. The predicted octanol–water partition coefficient (Wildman–Crippen LogP) is 4.13. The van der Waals surface area contributed by atoms with E-state index in [1.807, 2.05) is 0 Å². The van der Waals surface area contributed by atoms with Crippen molar-refractivity contribution in [1.82, 2.24) is 20.6 Å². The number of ether oxygens (including phenoxy) is 1. The number of nitrogens with one attached hydrogen (secondary N) is 1. The van der Waals surface area contributed by atoms with E-state index in [1.54, 1.807) is 18.2 Å². The molecule has 150 valence electrons. The van der Waals surface area contributed by atoms with Crippen molar-refractivity contribution in [3.05, 3.63) is 53.1 Å². The summed E-state index contributed by atoms with van der Waals surface area (Å²) in [5, 5.41) is 23.8. The van der Waals surface area contributed by atoms with Gasteiger partial charge in [-0.3, -0.25) is 0 Å². The van der Waals surface area contributed by atoms with Crippen LogP contribution >= 0.6 is 0 Å². The van der Waals surface area contributed by atoms with Crippen molar-refractivity contribution >= 4 is 11.0 Å². The normalized spacial score (nSPS) is 11.9. The number of furan rings is 1. The average Bonchev–Trinajstić information content (AvgIpc) is 3.34. The van der Waals surface area contributed by atoms with Crippen LogP contribution < -0.4 is 4.74 Å². The quantitative estimate of drug-likeness (QED) is 0.519. The molecule has 29 heavy (non-hydrogen) atoms. The standard InChI is InChI=1S/C19H15F3N4O3/c1-28-15-8-12-9-17(18-23-25-26-24-18)29-16(12)7-11(15)4-2-10-3-5-14(27)13(6-10)19(20,21)22/h3,5-9,27H,2,4H2,1H3,(H,23,24,25,26). The van der Waals surface area contributed by atoms with Crippen LogP contribution in [0.15, 0.2) is 40.8 Å². The van der Waals surface area contributed by atoms with Gasteiger partial charge in [0.05, 0.1) is 12.7 Å². The molecule has 0 unspecified atom stereocenters. The number of aromatic hydroxyl groups is 1.